The van der Waals surface area contributed by atoms with Crippen LogP contribution in [0.4, 0.5) is 10.5 Å². The number of anilines is 1. The highest BCUT2D eigenvalue weighted by Crippen LogP contribution is 2.41. The molecule has 1 aromatic rings. The fourth-order valence-corrected chi connectivity index (χ4v) is 4.10. The number of nitrogens with one attached hydrogen (secondary N) is 1. The van der Waals surface area contributed by atoms with Gasteiger partial charge in [0.25, 0.3) is 0 Å². The average Bonchev–Trinajstić information content (AvgIpc) is 2.33. The Morgan fingerprint density at radius 3 is 3.06 bits per heavy atom. The monoisotopic (exact) mass is 263 g/mol. The van der Waals surface area contributed by atoms with Crippen LogP contribution in [0.1, 0.15) is 31.2 Å². The number of carbonyl (C=O) groups excluding carboxylic acids is 1. The van der Waals surface area contributed by atoms with E-state index in [-0.39, 0.29) is 12.2 Å². The number of hydrogen-bond acceptors (Lipinski definition) is 3. The van der Waals surface area contributed by atoms with Crippen LogP contribution in [-0.4, -0.2) is 17.4 Å². The van der Waals surface area contributed by atoms with Gasteiger partial charge in [0.15, 0.2) is 0 Å². The van der Waals surface area contributed by atoms with Crippen molar-refractivity contribution >= 4 is 23.5 Å². The maximum Gasteiger partial charge on any atom is 0.411 e. The summed E-state index contributed by atoms with van der Waals surface area (Å²) in [4.78, 5) is 13.0. The standard InChI is InChI=1S/C14H17NO2S/c1-9-5-4-6-10-13(9)18-12-8-3-2-7-11(12)17-14(16)15-10/h4-6,11-12H,2-3,7-8H2,1H3,(H,15,16)/t11-,12-/m1/s1. The van der Waals surface area contributed by atoms with Gasteiger partial charge in [-0.2, -0.15) is 0 Å². The Morgan fingerprint density at radius 1 is 1.33 bits per heavy atom. The lowest BCUT2D eigenvalue weighted by Crippen LogP contribution is -2.35. The second kappa shape index (κ2) is 4.84. The molecule has 96 valence electrons. The predicted octanol–water partition coefficient (Wildman–Crippen LogP) is 3.96. The van der Waals surface area contributed by atoms with E-state index in [1.807, 2.05) is 23.9 Å². The van der Waals surface area contributed by atoms with Crippen LogP contribution in [-0.2, 0) is 4.74 Å². The minimum absolute atomic E-state index is 0.0662. The fraction of sp³-hybridized carbons (Fsp3) is 0.500. The highest BCUT2D eigenvalue weighted by molar-refractivity contribution is 8.00. The first kappa shape index (κ1) is 11.9. The molecule has 0 bridgehead atoms. The van der Waals surface area contributed by atoms with E-state index in [2.05, 4.69) is 18.3 Å². The summed E-state index contributed by atoms with van der Waals surface area (Å²) in [6.07, 6.45) is 4.29. The molecule has 1 heterocycles. The Kier molecular flexibility index (Phi) is 3.20. The fourth-order valence-electron chi connectivity index (χ4n) is 2.67. The number of amides is 1. The summed E-state index contributed by atoms with van der Waals surface area (Å²) in [5, 5.41) is 3.26. The number of hydrogen-bond donors (Lipinski definition) is 1. The molecule has 1 saturated carbocycles. The zero-order valence-electron chi connectivity index (χ0n) is 10.4. The van der Waals surface area contributed by atoms with E-state index in [4.69, 9.17) is 4.74 Å². The quantitative estimate of drug-likeness (QED) is 0.770. The molecule has 2 aliphatic rings. The van der Waals surface area contributed by atoms with Crippen molar-refractivity contribution in [3.8, 4) is 0 Å². The first-order chi connectivity index (χ1) is 8.74. The van der Waals surface area contributed by atoms with Gasteiger partial charge in [-0.3, -0.25) is 5.32 Å². The molecule has 0 unspecified atom stereocenters. The molecule has 1 fully saturated rings. The van der Waals surface area contributed by atoms with Crippen molar-refractivity contribution in [2.75, 3.05) is 5.32 Å². The van der Waals surface area contributed by atoms with Crippen molar-refractivity contribution in [2.24, 2.45) is 0 Å². The Labute approximate surface area is 111 Å². The number of fused-ring (bicyclic) bond motifs is 2. The van der Waals surface area contributed by atoms with Gasteiger partial charge in [-0.25, -0.2) is 4.79 Å². The summed E-state index contributed by atoms with van der Waals surface area (Å²) in [7, 11) is 0. The van der Waals surface area contributed by atoms with E-state index in [0.717, 1.165) is 24.9 Å². The van der Waals surface area contributed by atoms with Crippen molar-refractivity contribution in [3.05, 3.63) is 23.8 Å². The lowest BCUT2D eigenvalue weighted by molar-refractivity contribution is 0.0901. The molecule has 4 heteroatoms. The third-order valence-electron chi connectivity index (χ3n) is 3.62. The van der Waals surface area contributed by atoms with Gasteiger partial charge in [0, 0.05) is 10.1 Å². The van der Waals surface area contributed by atoms with Crippen LogP contribution in [0.15, 0.2) is 23.1 Å². The molecular formula is C14H17NO2S. The maximum absolute atomic E-state index is 11.8. The van der Waals surface area contributed by atoms with Gasteiger partial charge >= 0.3 is 6.09 Å². The molecule has 1 amide bonds. The Morgan fingerprint density at radius 2 is 2.17 bits per heavy atom. The van der Waals surface area contributed by atoms with Gasteiger partial charge in [0.1, 0.15) is 6.10 Å². The number of aryl methyl sites for hydroxylation is 1. The summed E-state index contributed by atoms with van der Waals surface area (Å²) < 4.78 is 5.52. The normalized spacial score (nSPS) is 27.1. The van der Waals surface area contributed by atoms with Crippen LogP contribution < -0.4 is 5.32 Å². The molecule has 0 spiro atoms. The summed E-state index contributed by atoms with van der Waals surface area (Å²) >= 11 is 1.86. The van der Waals surface area contributed by atoms with E-state index in [9.17, 15) is 4.79 Å². The van der Waals surface area contributed by atoms with Gasteiger partial charge in [0.2, 0.25) is 0 Å². The molecule has 1 N–H and O–H groups in total. The number of thioether (sulfide) groups is 1. The third kappa shape index (κ3) is 2.21. The number of ether oxygens (including phenoxy) is 1. The average molecular weight is 263 g/mol. The summed E-state index contributed by atoms with van der Waals surface area (Å²) in [6.45, 7) is 2.10. The first-order valence-corrected chi connectivity index (χ1v) is 7.36. The summed E-state index contributed by atoms with van der Waals surface area (Å²) in [5.74, 6) is 0. The van der Waals surface area contributed by atoms with E-state index in [1.54, 1.807) is 0 Å². The minimum Gasteiger partial charge on any atom is -0.445 e. The van der Waals surface area contributed by atoms with Gasteiger partial charge < -0.3 is 4.74 Å². The summed E-state index contributed by atoms with van der Waals surface area (Å²) in [6, 6.07) is 6.01. The predicted molar refractivity (Wildman–Crippen MR) is 73.2 cm³/mol. The van der Waals surface area contributed by atoms with Gasteiger partial charge in [-0.15, -0.1) is 11.8 Å². The van der Waals surface area contributed by atoms with Crippen LogP contribution in [0.25, 0.3) is 0 Å². The molecule has 3 nitrogen and oxygen atoms in total. The van der Waals surface area contributed by atoms with Crippen LogP contribution >= 0.6 is 11.8 Å². The third-order valence-corrected chi connectivity index (χ3v) is 5.24. The summed E-state index contributed by atoms with van der Waals surface area (Å²) in [5.41, 5.74) is 2.11. The number of carbonyl (C=O) groups is 1. The van der Waals surface area contributed by atoms with Crippen LogP contribution in [0.2, 0.25) is 0 Å². The Hall–Kier alpha value is -1.16. The zero-order valence-corrected chi connectivity index (χ0v) is 11.3. The first-order valence-electron chi connectivity index (χ1n) is 6.48. The number of benzene rings is 1. The van der Waals surface area contributed by atoms with Gasteiger partial charge in [-0.1, -0.05) is 18.6 Å². The van der Waals surface area contributed by atoms with Gasteiger partial charge in [-0.05, 0) is 37.8 Å². The van der Waals surface area contributed by atoms with Crippen molar-refractivity contribution in [2.45, 2.75) is 48.9 Å². The van der Waals surface area contributed by atoms with E-state index in [0.29, 0.717) is 5.25 Å². The Bertz CT molecular complexity index is 475. The van der Waals surface area contributed by atoms with Crippen molar-refractivity contribution in [1.29, 1.82) is 0 Å². The molecule has 1 aliphatic carbocycles. The van der Waals surface area contributed by atoms with Crippen molar-refractivity contribution < 1.29 is 9.53 Å². The maximum atomic E-state index is 11.8. The van der Waals surface area contributed by atoms with E-state index in [1.165, 1.54) is 16.9 Å². The molecular weight excluding hydrogens is 246 g/mol. The van der Waals surface area contributed by atoms with Crippen molar-refractivity contribution in [1.82, 2.24) is 0 Å². The topological polar surface area (TPSA) is 38.3 Å². The van der Waals surface area contributed by atoms with Gasteiger partial charge in [0.05, 0.1) is 5.69 Å². The van der Waals surface area contributed by atoms with E-state index >= 15 is 0 Å². The SMILES string of the molecule is Cc1cccc2c1S[C@@H]1CCCC[C@H]1OC(=O)N2. The highest BCUT2D eigenvalue weighted by Gasteiger charge is 2.32. The molecule has 18 heavy (non-hydrogen) atoms. The minimum atomic E-state index is -0.306. The molecule has 1 aliphatic heterocycles. The number of rotatable bonds is 0. The second-order valence-electron chi connectivity index (χ2n) is 4.96. The molecule has 1 aromatic carbocycles. The lowest BCUT2D eigenvalue weighted by atomic mass is 9.97. The molecule has 0 saturated heterocycles. The highest BCUT2D eigenvalue weighted by atomic mass is 32.2. The van der Waals surface area contributed by atoms with Crippen LogP contribution in [0, 0.1) is 6.92 Å². The van der Waals surface area contributed by atoms with Crippen molar-refractivity contribution in [3.63, 3.8) is 0 Å². The zero-order chi connectivity index (χ0) is 12.5. The van der Waals surface area contributed by atoms with Crippen LogP contribution in [0.3, 0.4) is 0 Å². The molecule has 2 atom stereocenters. The second-order valence-corrected chi connectivity index (χ2v) is 6.21. The smallest absolute Gasteiger partial charge is 0.411 e. The largest absolute Gasteiger partial charge is 0.445 e. The molecule has 0 radical (unpaired) electrons. The van der Waals surface area contributed by atoms with Crippen LogP contribution in [0.5, 0.6) is 0 Å². The molecule has 0 aromatic heterocycles. The van der Waals surface area contributed by atoms with E-state index < -0.39 is 0 Å². The molecule has 3 rings (SSSR count). The lowest BCUT2D eigenvalue weighted by Gasteiger charge is -2.33. The Balaban J connectivity index is 1.97.